The quantitative estimate of drug-likeness (QED) is 0.692. The molecule has 0 bridgehead atoms. The van der Waals surface area contributed by atoms with Crippen LogP contribution in [0.15, 0.2) is 0 Å². The van der Waals surface area contributed by atoms with Crippen LogP contribution in [-0.2, 0) is 4.74 Å². The van der Waals surface area contributed by atoms with E-state index in [-0.39, 0.29) is 11.6 Å². The first-order valence-corrected chi connectivity index (χ1v) is 6.28. The highest BCUT2D eigenvalue weighted by molar-refractivity contribution is 5.04. The smallest absolute Gasteiger partial charge is 0.0691 e. The molecule has 2 unspecified atom stereocenters. The van der Waals surface area contributed by atoms with E-state index >= 15 is 0 Å². The van der Waals surface area contributed by atoms with E-state index in [2.05, 4.69) is 18.2 Å². The van der Waals surface area contributed by atoms with Gasteiger partial charge in [-0.15, -0.1) is 6.42 Å². The third-order valence-corrected chi connectivity index (χ3v) is 3.32. The van der Waals surface area contributed by atoms with Crippen LogP contribution < -0.4 is 11.1 Å². The van der Waals surface area contributed by atoms with E-state index in [1.165, 1.54) is 0 Å². The fraction of sp³-hybridized carbons (Fsp3) is 0.846. The van der Waals surface area contributed by atoms with E-state index in [0.29, 0.717) is 6.54 Å². The second-order valence-electron chi connectivity index (χ2n) is 4.60. The predicted molar refractivity (Wildman–Crippen MR) is 67.1 cm³/mol. The molecular weight excluding hydrogens is 200 g/mol. The van der Waals surface area contributed by atoms with Crippen LogP contribution in [-0.4, -0.2) is 31.3 Å². The number of hydrogen-bond acceptors (Lipinski definition) is 3. The lowest BCUT2D eigenvalue weighted by molar-refractivity contribution is 0.136. The van der Waals surface area contributed by atoms with Crippen molar-refractivity contribution in [1.29, 1.82) is 0 Å². The summed E-state index contributed by atoms with van der Waals surface area (Å²) in [5.74, 6) is 2.82. The van der Waals surface area contributed by atoms with Crippen LogP contribution >= 0.6 is 0 Å². The van der Waals surface area contributed by atoms with Crippen molar-refractivity contribution in [3.63, 3.8) is 0 Å². The molecule has 1 heterocycles. The van der Waals surface area contributed by atoms with Crippen molar-refractivity contribution in [2.24, 2.45) is 5.73 Å². The second kappa shape index (κ2) is 6.90. The van der Waals surface area contributed by atoms with Crippen molar-refractivity contribution in [1.82, 2.24) is 5.32 Å². The van der Waals surface area contributed by atoms with Crippen molar-refractivity contribution in [2.75, 3.05) is 19.8 Å². The molecule has 0 aromatic heterocycles. The van der Waals surface area contributed by atoms with E-state index in [9.17, 15) is 0 Å². The minimum absolute atomic E-state index is 0.0112. The average molecular weight is 224 g/mol. The fourth-order valence-corrected chi connectivity index (χ4v) is 2.27. The maximum absolute atomic E-state index is 5.92. The summed E-state index contributed by atoms with van der Waals surface area (Å²) in [4.78, 5) is 0. The summed E-state index contributed by atoms with van der Waals surface area (Å²) in [5.41, 5.74) is 5.91. The van der Waals surface area contributed by atoms with Gasteiger partial charge in [0.1, 0.15) is 0 Å². The Bertz CT molecular complexity index is 227. The molecule has 3 nitrogen and oxygen atoms in total. The fourth-order valence-electron chi connectivity index (χ4n) is 2.27. The molecule has 3 N–H and O–H groups in total. The maximum Gasteiger partial charge on any atom is 0.0691 e. The van der Waals surface area contributed by atoms with Gasteiger partial charge in [-0.05, 0) is 25.7 Å². The van der Waals surface area contributed by atoms with Crippen molar-refractivity contribution < 1.29 is 4.74 Å². The summed E-state index contributed by atoms with van der Waals surface area (Å²) in [5, 5.41) is 3.57. The number of nitrogens with two attached hydrogens (primary N) is 1. The molecule has 0 saturated carbocycles. The third-order valence-electron chi connectivity index (χ3n) is 3.32. The molecule has 0 spiro atoms. The monoisotopic (exact) mass is 224 g/mol. The zero-order valence-corrected chi connectivity index (χ0v) is 10.3. The Kier molecular flexibility index (Phi) is 5.83. The molecule has 1 saturated heterocycles. The molecular formula is C13H24N2O. The van der Waals surface area contributed by atoms with Gasteiger partial charge in [0, 0.05) is 25.3 Å². The molecule has 0 aromatic rings. The van der Waals surface area contributed by atoms with Gasteiger partial charge in [-0.3, -0.25) is 5.32 Å². The van der Waals surface area contributed by atoms with Crippen molar-refractivity contribution in [3.8, 4) is 12.3 Å². The summed E-state index contributed by atoms with van der Waals surface area (Å²) >= 11 is 0. The Morgan fingerprint density at radius 1 is 1.50 bits per heavy atom. The first-order valence-electron chi connectivity index (χ1n) is 6.28. The summed E-state index contributed by atoms with van der Waals surface area (Å²) in [6.45, 7) is 4.42. The minimum atomic E-state index is -0.0112. The largest absolute Gasteiger partial charge is 0.381 e. The van der Waals surface area contributed by atoms with E-state index in [0.717, 1.165) is 45.3 Å². The van der Waals surface area contributed by atoms with Crippen molar-refractivity contribution in [3.05, 3.63) is 0 Å². The van der Waals surface area contributed by atoms with Gasteiger partial charge in [-0.1, -0.05) is 19.3 Å². The molecule has 1 aliphatic heterocycles. The molecule has 92 valence electrons. The zero-order valence-electron chi connectivity index (χ0n) is 10.3. The molecule has 1 fully saturated rings. The Morgan fingerprint density at radius 3 is 2.94 bits per heavy atom. The van der Waals surface area contributed by atoms with E-state index in [4.69, 9.17) is 16.9 Å². The molecule has 1 rings (SSSR count). The lowest BCUT2D eigenvalue weighted by Crippen LogP contribution is -2.55. The van der Waals surface area contributed by atoms with Crippen LogP contribution in [0.3, 0.4) is 0 Å². The maximum atomic E-state index is 5.92. The Balaban J connectivity index is 2.59. The van der Waals surface area contributed by atoms with Gasteiger partial charge in [0.15, 0.2) is 0 Å². The van der Waals surface area contributed by atoms with Gasteiger partial charge in [0.2, 0.25) is 0 Å². The highest BCUT2D eigenvalue weighted by Crippen LogP contribution is 2.21. The zero-order chi connectivity index (χ0) is 11.9. The van der Waals surface area contributed by atoms with Crippen LogP contribution in [0.1, 0.15) is 39.0 Å². The van der Waals surface area contributed by atoms with Gasteiger partial charge in [0.05, 0.1) is 6.04 Å². The van der Waals surface area contributed by atoms with Crippen LogP contribution in [0.4, 0.5) is 0 Å². The number of rotatable bonds is 5. The van der Waals surface area contributed by atoms with E-state index in [1.54, 1.807) is 0 Å². The summed E-state index contributed by atoms with van der Waals surface area (Å²) < 4.78 is 5.48. The predicted octanol–water partition coefficient (Wildman–Crippen LogP) is 1.28. The molecule has 0 amide bonds. The minimum Gasteiger partial charge on any atom is -0.381 e. The topological polar surface area (TPSA) is 47.3 Å². The molecule has 1 aliphatic rings. The highest BCUT2D eigenvalue weighted by Gasteiger charge is 2.31. The first kappa shape index (κ1) is 13.5. The van der Waals surface area contributed by atoms with E-state index < -0.39 is 0 Å². The van der Waals surface area contributed by atoms with Crippen molar-refractivity contribution in [2.45, 2.75) is 50.6 Å². The molecule has 2 atom stereocenters. The highest BCUT2D eigenvalue weighted by atomic mass is 16.5. The molecule has 16 heavy (non-hydrogen) atoms. The van der Waals surface area contributed by atoms with Gasteiger partial charge < -0.3 is 10.5 Å². The van der Waals surface area contributed by atoms with Crippen molar-refractivity contribution >= 4 is 0 Å². The summed E-state index contributed by atoms with van der Waals surface area (Å²) in [6, 6.07) is 0.145. The first-order chi connectivity index (χ1) is 7.76. The van der Waals surface area contributed by atoms with Gasteiger partial charge in [-0.25, -0.2) is 0 Å². The lowest BCUT2D eigenvalue weighted by Gasteiger charge is -2.35. The Morgan fingerprint density at radius 2 is 2.31 bits per heavy atom. The number of nitrogens with one attached hydrogen (secondary N) is 1. The van der Waals surface area contributed by atoms with Crippen LogP contribution in [0.25, 0.3) is 0 Å². The molecule has 0 aromatic carbocycles. The van der Waals surface area contributed by atoms with Gasteiger partial charge in [0.25, 0.3) is 0 Å². The Labute approximate surface area is 99.1 Å². The third kappa shape index (κ3) is 3.79. The van der Waals surface area contributed by atoms with Crippen LogP contribution in [0, 0.1) is 12.3 Å². The molecule has 0 radical (unpaired) electrons. The second-order valence-corrected chi connectivity index (χ2v) is 4.60. The van der Waals surface area contributed by atoms with Gasteiger partial charge >= 0.3 is 0 Å². The van der Waals surface area contributed by atoms with Crippen LogP contribution in [0.2, 0.25) is 0 Å². The van der Waals surface area contributed by atoms with Crippen LogP contribution in [0.5, 0.6) is 0 Å². The SMILES string of the molecule is C#CC(CCC)NC1(CN)CCCOCC1. The molecule has 3 heteroatoms. The average Bonchev–Trinajstić information content (AvgIpc) is 2.55. The standard InChI is InChI=1S/C13H24N2O/c1-3-6-12(4-2)15-13(11-14)7-5-9-16-10-8-13/h2,12,15H,3,5-11,14H2,1H3. The molecule has 0 aliphatic carbocycles. The van der Waals surface area contributed by atoms with E-state index in [1.807, 2.05) is 0 Å². The number of terminal acetylenes is 1. The summed E-state index contributed by atoms with van der Waals surface area (Å²) in [7, 11) is 0. The normalized spacial score (nSPS) is 28.1. The number of ether oxygens (including phenoxy) is 1. The Hall–Kier alpha value is -0.560. The number of hydrogen-bond donors (Lipinski definition) is 2. The summed E-state index contributed by atoms with van der Waals surface area (Å²) in [6.07, 6.45) is 10.7. The lowest BCUT2D eigenvalue weighted by atomic mass is 9.89. The van der Waals surface area contributed by atoms with Gasteiger partial charge in [-0.2, -0.15) is 0 Å².